The molecule has 0 spiro atoms. The largest absolute Gasteiger partial charge is 0.493 e. The van der Waals surface area contributed by atoms with E-state index in [0.29, 0.717) is 23.8 Å². The lowest BCUT2D eigenvalue weighted by Gasteiger charge is -2.29. The van der Waals surface area contributed by atoms with Crippen LogP contribution in [-0.2, 0) is 11.3 Å². The molecule has 27 heavy (non-hydrogen) atoms. The third-order valence-corrected chi connectivity index (χ3v) is 4.82. The van der Waals surface area contributed by atoms with Crippen LogP contribution in [-0.4, -0.2) is 47.6 Å². The average molecular weight is 393 g/mol. The molecule has 0 aliphatic carbocycles. The van der Waals surface area contributed by atoms with Gasteiger partial charge >= 0.3 is 0 Å². The summed E-state index contributed by atoms with van der Waals surface area (Å²) in [4.78, 5) is 2.24. The quantitative estimate of drug-likeness (QED) is 0.773. The Morgan fingerprint density at radius 3 is 2.22 bits per heavy atom. The van der Waals surface area contributed by atoms with Crippen molar-refractivity contribution in [1.29, 1.82) is 0 Å². The monoisotopic (exact) mass is 392 g/mol. The molecule has 1 heterocycles. The summed E-state index contributed by atoms with van der Waals surface area (Å²) in [6, 6.07) is 9.89. The molecule has 0 saturated carbocycles. The van der Waals surface area contributed by atoms with E-state index in [0.717, 1.165) is 48.3 Å². The molecule has 0 amide bonds. The molecule has 0 atom stereocenters. The molecule has 2 aromatic carbocycles. The van der Waals surface area contributed by atoms with E-state index < -0.39 is 0 Å². The highest BCUT2D eigenvalue weighted by molar-refractivity contribution is 6.33. The molecule has 7 heteroatoms. The predicted molar refractivity (Wildman–Crippen MR) is 108 cm³/mol. The summed E-state index contributed by atoms with van der Waals surface area (Å²) in [5, 5.41) is 4.12. The van der Waals surface area contributed by atoms with Gasteiger partial charge in [-0.15, -0.1) is 0 Å². The Kier molecular flexibility index (Phi) is 6.53. The summed E-state index contributed by atoms with van der Waals surface area (Å²) < 4.78 is 21.6. The lowest BCUT2D eigenvalue weighted by Crippen LogP contribution is -2.36. The first-order chi connectivity index (χ1) is 13.2. The molecule has 1 N–H and O–H groups in total. The fourth-order valence-electron chi connectivity index (χ4n) is 3.12. The number of nitrogens with zero attached hydrogens (tertiary/aromatic N) is 1. The minimum atomic E-state index is 0.585. The third kappa shape index (κ3) is 4.51. The highest BCUT2D eigenvalue weighted by Gasteiger charge is 2.15. The van der Waals surface area contributed by atoms with Crippen molar-refractivity contribution in [3.8, 4) is 17.2 Å². The first-order valence-electron chi connectivity index (χ1n) is 8.81. The molecule has 1 fully saturated rings. The zero-order valence-corrected chi connectivity index (χ0v) is 16.6. The van der Waals surface area contributed by atoms with Crippen molar-refractivity contribution in [3.05, 3.63) is 40.9 Å². The van der Waals surface area contributed by atoms with Gasteiger partial charge in [-0.3, -0.25) is 0 Å². The standard InChI is InChI=1S/C20H25ClN2O4/c1-24-18-10-14(11-19(25-2)20(18)26-3)13-22-15-4-5-17(16(21)12-15)23-6-8-27-9-7-23/h4-5,10-12,22H,6-9,13H2,1-3H3. The maximum atomic E-state index is 6.50. The lowest BCUT2D eigenvalue weighted by molar-refractivity contribution is 0.122. The maximum Gasteiger partial charge on any atom is 0.203 e. The molecule has 1 aliphatic rings. The van der Waals surface area contributed by atoms with Crippen molar-refractivity contribution >= 4 is 23.0 Å². The molecule has 6 nitrogen and oxygen atoms in total. The summed E-state index contributed by atoms with van der Waals surface area (Å²) in [6.07, 6.45) is 0. The molecule has 1 aliphatic heterocycles. The van der Waals surface area contributed by atoms with E-state index in [1.54, 1.807) is 21.3 Å². The second kappa shape index (κ2) is 9.06. The van der Waals surface area contributed by atoms with E-state index in [1.165, 1.54) is 0 Å². The van der Waals surface area contributed by atoms with Gasteiger partial charge in [0.2, 0.25) is 5.75 Å². The molecule has 146 valence electrons. The molecule has 1 saturated heterocycles. The van der Waals surface area contributed by atoms with Crippen LogP contribution in [0.3, 0.4) is 0 Å². The van der Waals surface area contributed by atoms with Crippen LogP contribution in [0.4, 0.5) is 11.4 Å². The number of hydrogen-bond donors (Lipinski definition) is 1. The van der Waals surface area contributed by atoms with Crippen molar-refractivity contribution in [2.45, 2.75) is 6.54 Å². The number of benzene rings is 2. The highest BCUT2D eigenvalue weighted by Crippen LogP contribution is 2.38. The summed E-state index contributed by atoms with van der Waals surface area (Å²) >= 11 is 6.50. The van der Waals surface area contributed by atoms with Gasteiger partial charge in [-0.1, -0.05) is 11.6 Å². The summed E-state index contributed by atoms with van der Waals surface area (Å²) in [5.41, 5.74) is 3.00. The molecule has 0 radical (unpaired) electrons. The number of ether oxygens (including phenoxy) is 4. The number of hydrogen-bond acceptors (Lipinski definition) is 6. The van der Waals surface area contributed by atoms with E-state index in [4.69, 9.17) is 30.5 Å². The number of anilines is 2. The van der Waals surface area contributed by atoms with E-state index in [2.05, 4.69) is 10.2 Å². The van der Waals surface area contributed by atoms with Crippen LogP contribution in [0.25, 0.3) is 0 Å². The van der Waals surface area contributed by atoms with Crippen LogP contribution >= 0.6 is 11.6 Å². The zero-order valence-electron chi connectivity index (χ0n) is 15.9. The fourth-order valence-corrected chi connectivity index (χ4v) is 3.42. The Hall–Kier alpha value is -2.31. The van der Waals surface area contributed by atoms with Gasteiger partial charge in [0, 0.05) is 25.3 Å². The first kappa shape index (κ1) is 19.5. The van der Waals surface area contributed by atoms with Crippen molar-refractivity contribution in [2.75, 3.05) is 57.8 Å². The molecular formula is C20H25ClN2O4. The van der Waals surface area contributed by atoms with Crippen LogP contribution in [0.2, 0.25) is 5.02 Å². The Labute approximate surface area is 164 Å². The van der Waals surface area contributed by atoms with Crippen molar-refractivity contribution in [1.82, 2.24) is 0 Å². The van der Waals surface area contributed by atoms with Crippen LogP contribution in [0, 0.1) is 0 Å². The van der Waals surface area contributed by atoms with Gasteiger partial charge in [-0.05, 0) is 35.9 Å². The number of rotatable bonds is 7. The average Bonchev–Trinajstić information content (AvgIpc) is 2.72. The van der Waals surface area contributed by atoms with E-state index in [9.17, 15) is 0 Å². The minimum Gasteiger partial charge on any atom is -0.493 e. The van der Waals surface area contributed by atoms with Crippen LogP contribution in [0.15, 0.2) is 30.3 Å². The molecule has 0 bridgehead atoms. The number of morpholine rings is 1. The van der Waals surface area contributed by atoms with E-state index >= 15 is 0 Å². The van der Waals surface area contributed by atoms with E-state index in [-0.39, 0.29) is 0 Å². The Bertz CT molecular complexity index is 754. The van der Waals surface area contributed by atoms with Crippen LogP contribution < -0.4 is 24.4 Å². The van der Waals surface area contributed by atoms with Gasteiger partial charge in [0.1, 0.15) is 0 Å². The third-order valence-electron chi connectivity index (χ3n) is 4.52. The number of methoxy groups -OCH3 is 3. The SMILES string of the molecule is COc1cc(CNc2ccc(N3CCOCC3)c(Cl)c2)cc(OC)c1OC. The first-order valence-corrected chi connectivity index (χ1v) is 9.19. The normalized spacial score (nSPS) is 14.0. The summed E-state index contributed by atoms with van der Waals surface area (Å²) in [7, 11) is 4.81. The Morgan fingerprint density at radius 2 is 1.67 bits per heavy atom. The van der Waals surface area contributed by atoms with E-state index in [1.807, 2.05) is 30.3 Å². The van der Waals surface area contributed by atoms with Crippen LogP contribution in [0.5, 0.6) is 17.2 Å². The maximum absolute atomic E-state index is 6.50. The van der Waals surface area contributed by atoms with Crippen LogP contribution in [0.1, 0.15) is 5.56 Å². The number of nitrogens with one attached hydrogen (secondary N) is 1. The van der Waals surface area contributed by atoms with Crippen molar-refractivity contribution in [2.24, 2.45) is 0 Å². The van der Waals surface area contributed by atoms with Gasteiger partial charge in [0.25, 0.3) is 0 Å². The van der Waals surface area contributed by atoms with Gasteiger partial charge in [0.15, 0.2) is 11.5 Å². The van der Waals surface area contributed by atoms with Gasteiger partial charge in [-0.2, -0.15) is 0 Å². The molecule has 0 aromatic heterocycles. The summed E-state index contributed by atoms with van der Waals surface area (Å²) in [5.74, 6) is 1.85. The Balaban J connectivity index is 1.72. The predicted octanol–water partition coefficient (Wildman–Crippen LogP) is 3.81. The minimum absolute atomic E-state index is 0.585. The molecule has 0 unspecified atom stereocenters. The van der Waals surface area contributed by atoms with Gasteiger partial charge < -0.3 is 29.2 Å². The van der Waals surface area contributed by atoms with Gasteiger partial charge in [0.05, 0.1) is 45.3 Å². The Morgan fingerprint density at radius 1 is 1.00 bits per heavy atom. The fraction of sp³-hybridized carbons (Fsp3) is 0.400. The van der Waals surface area contributed by atoms with Crippen molar-refractivity contribution < 1.29 is 18.9 Å². The molecule has 2 aromatic rings. The lowest BCUT2D eigenvalue weighted by atomic mass is 10.1. The number of halogens is 1. The van der Waals surface area contributed by atoms with Gasteiger partial charge in [-0.25, -0.2) is 0 Å². The second-order valence-corrected chi connectivity index (χ2v) is 6.56. The topological polar surface area (TPSA) is 52.2 Å². The molecular weight excluding hydrogens is 368 g/mol. The van der Waals surface area contributed by atoms with Crippen molar-refractivity contribution in [3.63, 3.8) is 0 Å². The second-order valence-electron chi connectivity index (χ2n) is 6.15. The highest BCUT2D eigenvalue weighted by atomic mass is 35.5. The molecule has 3 rings (SSSR count). The summed E-state index contributed by atoms with van der Waals surface area (Å²) in [6.45, 7) is 3.79. The zero-order chi connectivity index (χ0) is 19.2. The smallest absolute Gasteiger partial charge is 0.203 e.